The Morgan fingerprint density at radius 2 is 2.20 bits per heavy atom. The van der Waals surface area contributed by atoms with Gasteiger partial charge in [0.25, 0.3) is 0 Å². The van der Waals surface area contributed by atoms with Crippen molar-refractivity contribution in [2.24, 2.45) is 5.73 Å². The van der Waals surface area contributed by atoms with Crippen molar-refractivity contribution in [3.63, 3.8) is 0 Å². The van der Waals surface area contributed by atoms with Gasteiger partial charge in [-0.3, -0.25) is 9.69 Å². The van der Waals surface area contributed by atoms with Crippen LogP contribution in [0, 0.1) is 0 Å². The minimum Gasteiger partial charge on any atom is -0.465 e. The number of nitrogens with two attached hydrogens (primary N) is 1. The zero-order valence-corrected chi connectivity index (χ0v) is 9.53. The van der Waals surface area contributed by atoms with Crippen molar-refractivity contribution in [3.8, 4) is 0 Å². The summed E-state index contributed by atoms with van der Waals surface area (Å²) in [6.07, 6.45) is 3.71. The van der Waals surface area contributed by atoms with Crippen molar-refractivity contribution < 1.29 is 9.53 Å². The standard InChI is InChI=1S/C11H20N2O2/c1-3-15-10(14)11-6-4-8(12)9(5-7-11)13(11)2/h8-9H,3-7,12H2,1-2H3/t8-,9?,11?/m0/s1. The van der Waals surface area contributed by atoms with Gasteiger partial charge in [0.15, 0.2) is 0 Å². The lowest BCUT2D eigenvalue weighted by atomic mass is 9.87. The number of nitrogens with zero attached hydrogens (tertiary/aromatic N) is 1. The van der Waals surface area contributed by atoms with Crippen LogP contribution in [0.4, 0.5) is 0 Å². The van der Waals surface area contributed by atoms with Crippen molar-refractivity contribution in [1.82, 2.24) is 4.90 Å². The maximum atomic E-state index is 12.0. The predicted molar refractivity (Wildman–Crippen MR) is 57.4 cm³/mol. The molecule has 0 aliphatic carbocycles. The maximum absolute atomic E-state index is 12.0. The van der Waals surface area contributed by atoms with Crippen LogP contribution < -0.4 is 5.73 Å². The number of likely N-dealkylation sites (N-methyl/N-ethyl adjacent to an activating group) is 1. The molecule has 0 saturated carbocycles. The molecule has 0 spiro atoms. The summed E-state index contributed by atoms with van der Waals surface area (Å²) in [6.45, 7) is 2.32. The van der Waals surface area contributed by atoms with Gasteiger partial charge in [-0.15, -0.1) is 0 Å². The predicted octanol–water partition coefficient (Wildman–Crippen LogP) is 0.504. The number of carbonyl (C=O) groups excluding carboxylic acids is 1. The second kappa shape index (κ2) is 3.76. The highest BCUT2D eigenvalue weighted by Crippen LogP contribution is 2.43. The summed E-state index contributed by atoms with van der Waals surface area (Å²) in [5.74, 6) is -0.0538. The third-order valence-electron chi connectivity index (χ3n) is 4.07. The Hall–Kier alpha value is -0.610. The largest absolute Gasteiger partial charge is 0.465 e. The quantitative estimate of drug-likeness (QED) is 0.677. The molecule has 4 heteroatoms. The Kier molecular flexibility index (Phi) is 2.73. The Morgan fingerprint density at radius 3 is 2.87 bits per heavy atom. The fourth-order valence-corrected chi connectivity index (χ4v) is 3.09. The van der Waals surface area contributed by atoms with Gasteiger partial charge in [-0.25, -0.2) is 0 Å². The molecule has 86 valence electrons. The molecular formula is C11H20N2O2. The molecule has 0 radical (unpaired) electrons. The second-order valence-electron chi connectivity index (χ2n) is 4.67. The van der Waals surface area contributed by atoms with Crippen LogP contribution in [0.3, 0.4) is 0 Å². The number of rotatable bonds is 2. The minimum absolute atomic E-state index is 0.0538. The zero-order valence-electron chi connectivity index (χ0n) is 9.53. The first-order valence-electron chi connectivity index (χ1n) is 5.77. The number of esters is 1. The lowest BCUT2D eigenvalue weighted by Gasteiger charge is -2.42. The molecular weight excluding hydrogens is 192 g/mol. The monoisotopic (exact) mass is 212 g/mol. The summed E-state index contributed by atoms with van der Waals surface area (Å²) in [5.41, 5.74) is 5.68. The number of ether oxygens (including phenoxy) is 1. The van der Waals surface area contributed by atoms with Crippen LogP contribution in [0.1, 0.15) is 32.6 Å². The van der Waals surface area contributed by atoms with E-state index >= 15 is 0 Å². The Bertz CT molecular complexity index is 269. The van der Waals surface area contributed by atoms with Gasteiger partial charge in [-0.05, 0) is 39.7 Å². The highest BCUT2D eigenvalue weighted by Gasteiger charge is 2.55. The van der Waals surface area contributed by atoms with E-state index in [1.807, 2.05) is 14.0 Å². The molecule has 0 amide bonds. The van der Waals surface area contributed by atoms with Gasteiger partial charge in [0, 0.05) is 12.1 Å². The van der Waals surface area contributed by atoms with Crippen LogP contribution in [0.15, 0.2) is 0 Å². The molecule has 2 aliphatic rings. The fourth-order valence-electron chi connectivity index (χ4n) is 3.09. The number of carbonyl (C=O) groups is 1. The lowest BCUT2D eigenvalue weighted by molar-refractivity contribution is -0.158. The van der Waals surface area contributed by atoms with E-state index in [0.717, 1.165) is 25.7 Å². The van der Waals surface area contributed by atoms with Gasteiger partial charge < -0.3 is 10.5 Å². The normalized spacial score (nSPS) is 40.5. The van der Waals surface area contributed by atoms with Crippen LogP contribution in [-0.2, 0) is 9.53 Å². The van der Waals surface area contributed by atoms with E-state index in [1.165, 1.54) is 0 Å². The van der Waals surface area contributed by atoms with Crippen LogP contribution in [0.25, 0.3) is 0 Å². The third kappa shape index (κ3) is 1.47. The summed E-state index contributed by atoms with van der Waals surface area (Å²) in [7, 11) is 2.01. The van der Waals surface area contributed by atoms with E-state index in [4.69, 9.17) is 10.5 Å². The fraction of sp³-hybridized carbons (Fsp3) is 0.909. The summed E-state index contributed by atoms with van der Waals surface area (Å²) in [4.78, 5) is 14.1. The molecule has 2 aliphatic heterocycles. The number of fused-ring (bicyclic) bond motifs is 2. The SMILES string of the molecule is CCOC(=O)C12CCC([C@@H](N)CC1)N2C. The van der Waals surface area contributed by atoms with E-state index in [-0.39, 0.29) is 17.6 Å². The number of hydrogen-bond acceptors (Lipinski definition) is 4. The van der Waals surface area contributed by atoms with Crippen LogP contribution in [0.5, 0.6) is 0 Å². The Morgan fingerprint density at radius 1 is 1.53 bits per heavy atom. The van der Waals surface area contributed by atoms with Gasteiger partial charge in [-0.2, -0.15) is 0 Å². The van der Waals surface area contributed by atoms with Crippen molar-refractivity contribution in [2.75, 3.05) is 13.7 Å². The van der Waals surface area contributed by atoms with Crippen LogP contribution >= 0.6 is 0 Å². The van der Waals surface area contributed by atoms with Gasteiger partial charge in [0.1, 0.15) is 5.54 Å². The molecule has 4 nitrogen and oxygen atoms in total. The molecule has 3 atom stereocenters. The number of piperidine rings is 1. The molecule has 0 aromatic carbocycles. The second-order valence-corrected chi connectivity index (χ2v) is 4.67. The average Bonchev–Trinajstić information content (AvgIpc) is 2.42. The molecule has 2 fully saturated rings. The first-order chi connectivity index (χ1) is 7.12. The molecule has 2 heterocycles. The van der Waals surface area contributed by atoms with Crippen LogP contribution in [0.2, 0.25) is 0 Å². The highest BCUT2D eigenvalue weighted by atomic mass is 16.5. The molecule has 2 saturated heterocycles. The van der Waals surface area contributed by atoms with Crippen molar-refractivity contribution >= 4 is 5.97 Å². The van der Waals surface area contributed by atoms with Crippen molar-refractivity contribution in [1.29, 1.82) is 0 Å². The van der Waals surface area contributed by atoms with E-state index in [0.29, 0.717) is 12.6 Å². The first-order valence-corrected chi connectivity index (χ1v) is 5.77. The van der Waals surface area contributed by atoms with Gasteiger partial charge in [-0.1, -0.05) is 0 Å². The molecule has 15 heavy (non-hydrogen) atoms. The molecule has 2 unspecified atom stereocenters. The van der Waals surface area contributed by atoms with Gasteiger partial charge in [0.05, 0.1) is 6.61 Å². The summed E-state index contributed by atoms with van der Waals surface area (Å²) in [5, 5.41) is 0. The Labute approximate surface area is 90.8 Å². The smallest absolute Gasteiger partial charge is 0.326 e. The minimum atomic E-state index is -0.365. The molecule has 2 bridgehead atoms. The highest BCUT2D eigenvalue weighted by molar-refractivity contribution is 5.81. The summed E-state index contributed by atoms with van der Waals surface area (Å²) < 4.78 is 5.19. The van der Waals surface area contributed by atoms with Crippen molar-refractivity contribution in [3.05, 3.63) is 0 Å². The maximum Gasteiger partial charge on any atom is 0.326 e. The Balaban J connectivity index is 2.19. The van der Waals surface area contributed by atoms with Crippen LogP contribution in [-0.4, -0.2) is 42.1 Å². The van der Waals surface area contributed by atoms with Gasteiger partial charge >= 0.3 is 5.97 Å². The molecule has 2 N–H and O–H groups in total. The summed E-state index contributed by atoms with van der Waals surface area (Å²) >= 11 is 0. The van der Waals surface area contributed by atoms with E-state index < -0.39 is 0 Å². The van der Waals surface area contributed by atoms with E-state index in [2.05, 4.69) is 4.90 Å². The van der Waals surface area contributed by atoms with E-state index in [9.17, 15) is 4.79 Å². The summed E-state index contributed by atoms with van der Waals surface area (Å²) in [6, 6.07) is 0.586. The molecule has 0 aromatic rings. The number of hydrogen-bond donors (Lipinski definition) is 1. The third-order valence-corrected chi connectivity index (χ3v) is 4.07. The topological polar surface area (TPSA) is 55.6 Å². The lowest BCUT2D eigenvalue weighted by Crippen LogP contribution is -2.59. The molecule has 0 aromatic heterocycles. The van der Waals surface area contributed by atoms with E-state index in [1.54, 1.807) is 0 Å². The first kappa shape index (κ1) is 10.9. The average molecular weight is 212 g/mol. The van der Waals surface area contributed by atoms with Crippen molar-refractivity contribution in [2.45, 2.75) is 50.2 Å². The zero-order chi connectivity index (χ0) is 11.1. The van der Waals surface area contributed by atoms with Gasteiger partial charge in [0.2, 0.25) is 0 Å². The molecule has 2 rings (SSSR count).